The van der Waals surface area contributed by atoms with Gasteiger partial charge in [0.1, 0.15) is 5.82 Å². The van der Waals surface area contributed by atoms with Gasteiger partial charge in [0.25, 0.3) is 0 Å². The van der Waals surface area contributed by atoms with Crippen LogP contribution in [0.4, 0.5) is 4.39 Å². The molecule has 2 N–H and O–H groups in total. The van der Waals surface area contributed by atoms with E-state index in [2.05, 4.69) is 15.2 Å². The van der Waals surface area contributed by atoms with Crippen molar-refractivity contribution < 1.29 is 9.18 Å². The molecule has 1 aromatic heterocycles. The van der Waals surface area contributed by atoms with Crippen LogP contribution in [0, 0.1) is 5.82 Å². The quantitative estimate of drug-likeness (QED) is 0.624. The molecule has 1 amide bonds. The number of nitrogens with one attached hydrogen (secondary N) is 2. The molecule has 1 unspecified atom stereocenters. The highest BCUT2D eigenvalue weighted by Crippen LogP contribution is 2.33. The molecule has 29 heavy (non-hydrogen) atoms. The van der Waals surface area contributed by atoms with Gasteiger partial charge in [0.15, 0.2) is 0 Å². The topological polar surface area (TPSA) is 48.1 Å². The minimum atomic E-state index is -0.280. The van der Waals surface area contributed by atoms with Crippen molar-refractivity contribution in [2.45, 2.75) is 31.6 Å². The first-order chi connectivity index (χ1) is 14.2. The summed E-state index contributed by atoms with van der Waals surface area (Å²) < 4.78 is 13.9. The van der Waals surface area contributed by atoms with Crippen LogP contribution < -0.4 is 5.32 Å². The number of halogens is 1. The Balaban J connectivity index is 1.49. The van der Waals surface area contributed by atoms with Gasteiger partial charge in [-0.15, -0.1) is 0 Å². The Hall–Kier alpha value is -2.66. The van der Waals surface area contributed by atoms with Crippen LogP contribution in [-0.2, 0) is 4.79 Å². The summed E-state index contributed by atoms with van der Waals surface area (Å²) in [5, 5.41) is 4.14. The maximum Gasteiger partial charge on any atom is 0.220 e. The third kappa shape index (κ3) is 4.85. The lowest BCUT2D eigenvalue weighted by Gasteiger charge is -2.26. The van der Waals surface area contributed by atoms with Gasteiger partial charge in [-0.1, -0.05) is 36.8 Å². The van der Waals surface area contributed by atoms with Gasteiger partial charge in [-0.3, -0.25) is 4.79 Å². The van der Waals surface area contributed by atoms with Crippen LogP contribution in [0.25, 0.3) is 10.9 Å². The number of H-pyrrole nitrogens is 1. The standard InChI is InChI=1S/C24H28FN3O/c25-19-8-6-7-18(15-19)21(22-17-27-23-10-3-2-9-20(22)23)16-24(29)26-11-14-28-12-4-1-5-13-28/h2-3,6-10,15,17,21,27H,1,4-5,11-14,16H2,(H,26,29). The second kappa shape index (κ2) is 9.23. The van der Waals surface area contributed by atoms with E-state index in [1.165, 1.54) is 31.4 Å². The van der Waals surface area contributed by atoms with Gasteiger partial charge < -0.3 is 15.2 Å². The van der Waals surface area contributed by atoms with E-state index in [-0.39, 0.29) is 17.6 Å². The van der Waals surface area contributed by atoms with Crippen molar-refractivity contribution in [2.75, 3.05) is 26.2 Å². The molecule has 2 aromatic carbocycles. The molecule has 0 bridgehead atoms. The Labute approximate surface area is 171 Å². The highest BCUT2D eigenvalue weighted by Gasteiger charge is 2.22. The van der Waals surface area contributed by atoms with Crippen LogP contribution in [0.1, 0.15) is 42.7 Å². The molecule has 4 nitrogen and oxygen atoms in total. The molecule has 1 aliphatic heterocycles. The smallest absolute Gasteiger partial charge is 0.220 e. The number of fused-ring (bicyclic) bond motifs is 1. The fourth-order valence-corrected chi connectivity index (χ4v) is 4.31. The van der Waals surface area contributed by atoms with Crippen LogP contribution in [0.3, 0.4) is 0 Å². The third-order valence-electron chi connectivity index (χ3n) is 5.84. The van der Waals surface area contributed by atoms with Crippen molar-refractivity contribution in [3.8, 4) is 0 Å². The van der Waals surface area contributed by atoms with E-state index in [1.54, 1.807) is 6.07 Å². The summed E-state index contributed by atoms with van der Waals surface area (Å²) in [5.41, 5.74) is 2.87. The van der Waals surface area contributed by atoms with Crippen molar-refractivity contribution in [1.29, 1.82) is 0 Å². The lowest BCUT2D eigenvalue weighted by Crippen LogP contribution is -2.38. The number of amides is 1. The number of hydrogen-bond acceptors (Lipinski definition) is 2. The number of aromatic nitrogens is 1. The summed E-state index contributed by atoms with van der Waals surface area (Å²) in [5.74, 6) is -0.476. The van der Waals surface area contributed by atoms with E-state index in [1.807, 2.05) is 36.5 Å². The number of piperidine rings is 1. The number of para-hydroxylation sites is 1. The highest BCUT2D eigenvalue weighted by atomic mass is 19.1. The summed E-state index contributed by atoms with van der Waals surface area (Å²) in [6, 6.07) is 14.6. The highest BCUT2D eigenvalue weighted by molar-refractivity contribution is 5.86. The molecule has 1 aliphatic rings. The molecule has 2 heterocycles. The molecule has 5 heteroatoms. The monoisotopic (exact) mass is 393 g/mol. The van der Waals surface area contributed by atoms with E-state index in [0.29, 0.717) is 13.0 Å². The van der Waals surface area contributed by atoms with Gasteiger partial charge in [0.05, 0.1) is 0 Å². The van der Waals surface area contributed by atoms with Crippen molar-refractivity contribution >= 4 is 16.8 Å². The summed E-state index contributed by atoms with van der Waals surface area (Å²) in [6.07, 6.45) is 6.04. The molecule has 4 rings (SSSR count). The molecule has 0 radical (unpaired) electrons. The van der Waals surface area contributed by atoms with Gasteiger partial charge in [-0.25, -0.2) is 4.39 Å². The minimum absolute atomic E-state index is 0.00144. The van der Waals surface area contributed by atoms with Crippen molar-refractivity contribution in [3.05, 3.63) is 71.7 Å². The Morgan fingerprint density at radius 3 is 2.76 bits per heavy atom. The van der Waals surface area contributed by atoms with E-state index in [0.717, 1.165) is 41.7 Å². The fourth-order valence-electron chi connectivity index (χ4n) is 4.31. The SMILES string of the molecule is O=C(CC(c1cccc(F)c1)c1c[nH]c2ccccc12)NCCN1CCCCC1. The van der Waals surface area contributed by atoms with Gasteiger partial charge in [-0.2, -0.15) is 0 Å². The van der Waals surface area contributed by atoms with E-state index >= 15 is 0 Å². The fraction of sp³-hybridized carbons (Fsp3) is 0.375. The van der Waals surface area contributed by atoms with Crippen molar-refractivity contribution in [1.82, 2.24) is 15.2 Å². The molecular formula is C24H28FN3O. The lowest BCUT2D eigenvalue weighted by atomic mass is 9.88. The predicted molar refractivity (Wildman–Crippen MR) is 114 cm³/mol. The lowest BCUT2D eigenvalue weighted by molar-refractivity contribution is -0.121. The summed E-state index contributed by atoms with van der Waals surface area (Å²) in [7, 11) is 0. The zero-order valence-corrected chi connectivity index (χ0v) is 16.7. The zero-order chi connectivity index (χ0) is 20.1. The molecule has 3 aromatic rings. The van der Waals surface area contributed by atoms with Crippen molar-refractivity contribution in [2.24, 2.45) is 0 Å². The van der Waals surface area contributed by atoms with Gasteiger partial charge in [0, 0.05) is 42.5 Å². The molecular weight excluding hydrogens is 365 g/mol. The number of carbonyl (C=O) groups is 1. The molecule has 0 spiro atoms. The summed E-state index contributed by atoms with van der Waals surface area (Å²) >= 11 is 0. The van der Waals surface area contributed by atoms with E-state index in [9.17, 15) is 9.18 Å². The van der Waals surface area contributed by atoms with Crippen molar-refractivity contribution in [3.63, 3.8) is 0 Å². The van der Waals surface area contributed by atoms with E-state index in [4.69, 9.17) is 0 Å². The number of nitrogens with zero attached hydrogens (tertiary/aromatic N) is 1. The first kappa shape index (κ1) is 19.6. The molecule has 0 saturated carbocycles. The normalized spacial score (nSPS) is 16.0. The number of hydrogen-bond donors (Lipinski definition) is 2. The van der Waals surface area contributed by atoms with Crippen LogP contribution >= 0.6 is 0 Å². The molecule has 1 saturated heterocycles. The number of benzene rings is 2. The number of carbonyl (C=O) groups excluding carboxylic acids is 1. The molecule has 0 aliphatic carbocycles. The Kier molecular flexibility index (Phi) is 6.25. The van der Waals surface area contributed by atoms with E-state index < -0.39 is 0 Å². The first-order valence-corrected chi connectivity index (χ1v) is 10.5. The van der Waals surface area contributed by atoms with Gasteiger partial charge in [0.2, 0.25) is 5.91 Å². The number of rotatable bonds is 7. The molecule has 1 fully saturated rings. The third-order valence-corrected chi connectivity index (χ3v) is 5.84. The molecule has 152 valence electrons. The number of aromatic amines is 1. The summed E-state index contributed by atoms with van der Waals surface area (Å²) in [6.45, 7) is 3.79. The summed E-state index contributed by atoms with van der Waals surface area (Å²) in [4.78, 5) is 18.4. The van der Waals surface area contributed by atoms with Crippen LogP contribution in [0.2, 0.25) is 0 Å². The number of likely N-dealkylation sites (tertiary alicyclic amines) is 1. The Bertz CT molecular complexity index is 961. The average Bonchev–Trinajstić information content (AvgIpc) is 3.17. The minimum Gasteiger partial charge on any atom is -0.361 e. The maximum atomic E-state index is 13.9. The Morgan fingerprint density at radius 1 is 1.10 bits per heavy atom. The largest absolute Gasteiger partial charge is 0.361 e. The first-order valence-electron chi connectivity index (χ1n) is 10.5. The van der Waals surface area contributed by atoms with Gasteiger partial charge in [-0.05, 0) is 55.3 Å². The second-order valence-corrected chi connectivity index (χ2v) is 7.85. The average molecular weight is 394 g/mol. The molecule has 1 atom stereocenters. The second-order valence-electron chi connectivity index (χ2n) is 7.85. The van der Waals surface area contributed by atoms with Crippen LogP contribution in [0.15, 0.2) is 54.7 Å². The van der Waals surface area contributed by atoms with Crippen LogP contribution in [-0.4, -0.2) is 42.0 Å². The van der Waals surface area contributed by atoms with Crippen LogP contribution in [0.5, 0.6) is 0 Å². The van der Waals surface area contributed by atoms with Gasteiger partial charge >= 0.3 is 0 Å². The Morgan fingerprint density at radius 2 is 1.93 bits per heavy atom. The maximum absolute atomic E-state index is 13.9. The predicted octanol–water partition coefficient (Wildman–Crippen LogP) is 4.43. The zero-order valence-electron chi connectivity index (χ0n) is 16.7.